The molecular formula is C26H35N3O3. The molecule has 0 bridgehead atoms. The normalized spacial score (nSPS) is 16.4. The van der Waals surface area contributed by atoms with Crippen molar-refractivity contribution >= 4 is 11.8 Å². The summed E-state index contributed by atoms with van der Waals surface area (Å²) in [7, 11) is 0. The maximum atomic E-state index is 13.1. The number of aryl methyl sites for hydroxylation is 2. The molecule has 3 rings (SSSR count). The van der Waals surface area contributed by atoms with Crippen molar-refractivity contribution in [3.8, 4) is 0 Å². The molecule has 2 aromatic carbocycles. The SMILES string of the molecule is Cc1ccc([C@H](CNC(=O)[C@@H](NC(=O)c2cccc(C)c2)C(C)C)N2CCOCC2)cc1. The molecule has 1 aliphatic heterocycles. The van der Waals surface area contributed by atoms with E-state index < -0.39 is 6.04 Å². The van der Waals surface area contributed by atoms with Crippen molar-refractivity contribution in [3.05, 3.63) is 70.8 Å². The van der Waals surface area contributed by atoms with Gasteiger partial charge in [0.25, 0.3) is 5.91 Å². The second-order valence-corrected chi connectivity index (χ2v) is 8.88. The molecule has 172 valence electrons. The first-order valence-corrected chi connectivity index (χ1v) is 11.4. The topological polar surface area (TPSA) is 70.7 Å². The Kier molecular flexibility index (Phi) is 8.42. The third-order valence-corrected chi connectivity index (χ3v) is 5.93. The lowest BCUT2D eigenvalue weighted by molar-refractivity contribution is -0.124. The summed E-state index contributed by atoms with van der Waals surface area (Å²) < 4.78 is 5.52. The Morgan fingerprint density at radius 2 is 1.69 bits per heavy atom. The second kappa shape index (κ2) is 11.2. The van der Waals surface area contributed by atoms with E-state index in [4.69, 9.17) is 4.74 Å². The van der Waals surface area contributed by atoms with Crippen molar-refractivity contribution in [2.24, 2.45) is 5.92 Å². The van der Waals surface area contributed by atoms with E-state index in [2.05, 4.69) is 46.7 Å². The molecule has 0 spiro atoms. The highest BCUT2D eigenvalue weighted by Crippen LogP contribution is 2.22. The van der Waals surface area contributed by atoms with Gasteiger partial charge in [-0.3, -0.25) is 14.5 Å². The number of hydrogen-bond acceptors (Lipinski definition) is 4. The van der Waals surface area contributed by atoms with E-state index in [1.54, 1.807) is 6.07 Å². The maximum Gasteiger partial charge on any atom is 0.251 e. The van der Waals surface area contributed by atoms with Crippen LogP contribution in [0.5, 0.6) is 0 Å². The average Bonchev–Trinajstić information content (AvgIpc) is 2.79. The van der Waals surface area contributed by atoms with Gasteiger partial charge in [-0.05, 0) is 37.5 Å². The molecule has 1 heterocycles. The van der Waals surface area contributed by atoms with Crippen LogP contribution >= 0.6 is 0 Å². The van der Waals surface area contributed by atoms with Gasteiger partial charge < -0.3 is 15.4 Å². The van der Waals surface area contributed by atoms with E-state index in [0.717, 1.165) is 18.7 Å². The van der Waals surface area contributed by atoms with Crippen molar-refractivity contribution in [1.29, 1.82) is 0 Å². The van der Waals surface area contributed by atoms with Gasteiger partial charge in [-0.2, -0.15) is 0 Å². The molecule has 0 unspecified atom stereocenters. The van der Waals surface area contributed by atoms with Crippen LogP contribution in [0.15, 0.2) is 48.5 Å². The lowest BCUT2D eigenvalue weighted by atomic mass is 10.0. The van der Waals surface area contributed by atoms with Gasteiger partial charge in [-0.1, -0.05) is 61.4 Å². The van der Waals surface area contributed by atoms with Gasteiger partial charge in [0.05, 0.1) is 19.3 Å². The van der Waals surface area contributed by atoms with Crippen molar-refractivity contribution < 1.29 is 14.3 Å². The first-order chi connectivity index (χ1) is 15.3. The molecular weight excluding hydrogens is 402 g/mol. The fourth-order valence-corrected chi connectivity index (χ4v) is 3.99. The van der Waals surface area contributed by atoms with E-state index in [9.17, 15) is 9.59 Å². The predicted octanol–water partition coefficient (Wildman–Crippen LogP) is 3.25. The molecule has 0 saturated carbocycles. The van der Waals surface area contributed by atoms with Crippen LogP contribution in [-0.2, 0) is 9.53 Å². The van der Waals surface area contributed by atoms with Gasteiger partial charge in [0.1, 0.15) is 6.04 Å². The number of carbonyl (C=O) groups is 2. The summed E-state index contributed by atoms with van der Waals surface area (Å²) in [6.07, 6.45) is 0. The Morgan fingerprint density at radius 1 is 1.00 bits per heavy atom. The Hall–Kier alpha value is -2.70. The molecule has 32 heavy (non-hydrogen) atoms. The molecule has 0 aliphatic carbocycles. The Balaban J connectivity index is 1.69. The minimum atomic E-state index is -0.605. The maximum absolute atomic E-state index is 13.1. The lowest BCUT2D eigenvalue weighted by Gasteiger charge is -2.35. The molecule has 6 heteroatoms. The number of rotatable bonds is 8. The van der Waals surface area contributed by atoms with E-state index in [1.165, 1.54) is 11.1 Å². The van der Waals surface area contributed by atoms with Gasteiger partial charge in [-0.25, -0.2) is 0 Å². The first-order valence-electron chi connectivity index (χ1n) is 11.4. The summed E-state index contributed by atoms with van der Waals surface area (Å²) in [6.45, 7) is 11.4. The molecule has 2 aromatic rings. The van der Waals surface area contributed by atoms with Crippen LogP contribution in [-0.4, -0.2) is 55.6 Å². The Morgan fingerprint density at radius 3 is 2.31 bits per heavy atom. The number of amides is 2. The zero-order valence-electron chi connectivity index (χ0n) is 19.6. The lowest BCUT2D eigenvalue weighted by Crippen LogP contribution is -2.52. The van der Waals surface area contributed by atoms with Crippen LogP contribution in [0.25, 0.3) is 0 Å². The minimum Gasteiger partial charge on any atom is -0.379 e. The van der Waals surface area contributed by atoms with Gasteiger partial charge >= 0.3 is 0 Å². The van der Waals surface area contributed by atoms with Crippen LogP contribution in [0.3, 0.4) is 0 Å². The molecule has 1 aliphatic rings. The first kappa shape index (κ1) is 24.0. The van der Waals surface area contributed by atoms with Crippen LogP contribution in [0.1, 0.15) is 46.9 Å². The smallest absolute Gasteiger partial charge is 0.251 e. The molecule has 6 nitrogen and oxygen atoms in total. The minimum absolute atomic E-state index is 0.0371. The van der Waals surface area contributed by atoms with Crippen molar-refractivity contribution in [2.45, 2.75) is 39.8 Å². The second-order valence-electron chi connectivity index (χ2n) is 8.88. The molecule has 2 amide bonds. The summed E-state index contributed by atoms with van der Waals surface area (Å²) in [5, 5.41) is 6.03. The van der Waals surface area contributed by atoms with Crippen LogP contribution in [0.2, 0.25) is 0 Å². The zero-order chi connectivity index (χ0) is 23.1. The molecule has 2 N–H and O–H groups in total. The van der Waals surface area contributed by atoms with Gasteiger partial charge in [0.2, 0.25) is 5.91 Å². The molecule has 2 atom stereocenters. The van der Waals surface area contributed by atoms with Crippen LogP contribution in [0.4, 0.5) is 0 Å². The largest absolute Gasteiger partial charge is 0.379 e. The average molecular weight is 438 g/mol. The fourth-order valence-electron chi connectivity index (χ4n) is 3.99. The van der Waals surface area contributed by atoms with Crippen molar-refractivity contribution in [2.75, 3.05) is 32.8 Å². The monoisotopic (exact) mass is 437 g/mol. The number of ether oxygens (including phenoxy) is 1. The quantitative estimate of drug-likeness (QED) is 0.665. The highest BCUT2D eigenvalue weighted by Gasteiger charge is 2.28. The number of nitrogens with one attached hydrogen (secondary N) is 2. The van der Waals surface area contributed by atoms with E-state index in [1.807, 2.05) is 39.0 Å². The summed E-state index contributed by atoms with van der Waals surface area (Å²) in [5.41, 5.74) is 3.95. The predicted molar refractivity (Wildman–Crippen MR) is 127 cm³/mol. The van der Waals surface area contributed by atoms with Crippen LogP contribution in [0, 0.1) is 19.8 Å². The summed E-state index contributed by atoms with van der Waals surface area (Å²) in [4.78, 5) is 28.2. The van der Waals surface area contributed by atoms with Gasteiger partial charge in [-0.15, -0.1) is 0 Å². The standard InChI is InChI=1S/C26H35N3O3/c1-18(2)24(28-25(30)22-7-5-6-20(4)16-22)26(31)27-17-23(29-12-14-32-15-13-29)21-10-8-19(3)9-11-21/h5-11,16,18,23-24H,12-15,17H2,1-4H3,(H,27,31)(H,28,30)/t23-,24-/m0/s1. The van der Waals surface area contributed by atoms with Crippen molar-refractivity contribution in [3.63, 3.8) is 0 Å². The highest BCUT2D eigenvalue weighted by molar-refractivity contribution is 5.97. The summed E-state index contributed by atoms with van der Waals surface area (Å²) in [5.74, 6) is -0.429. The Bertz CT molecular complexity index is 905. The molecule has 0 aromatic heterocycles. The molecule has 0 radical (unpaired) electrons. The van der Waals surface area contributed by atoms with Gasteiger partial charge in [0.15, 0.2) is 0 Å². The van der Waals surface area contributed by atoms with E-state index in [0.29, 0.717) is 25.3 Å². The summed E-state index contributed by atoms with van der Waals surface area (Å²) >= 11 is 0. The number of benzene rings is 2. The fraction of sp³-hybridized carbons (Fsp3) is 0.462. The van der Waals surface area contributed by atoms with E-state index >= 15 is 0 Å². The highest BCUT2D eigenvalue weighted by atomic mass is 16.5. The number of morpholine rings is 1. The van der Waals surface area contributed by atoms with Crippen molar-refractivity contribution in [1.82, 2.24) is 15.5 Å². The van der Waals surface area contributed by atoms with E-state index in [-0.39, 0.29) is 23.8 Å². The third kappa shape index (κ3) is 6.40. The summed E-state index contributed by atoms with van der Waals surface area (Å²) in [6, 6.07) is 15.3. The Labute approximate surface area is 191 Å². The van der Waals surface area contributed by atoms with Crippen LogP contribution < -0.4 is 10.6 Å². The number of carbonyl (C=O) groups excluding carboxylic acids is 2. The van der Waals surface area contributed by atoms with Gasteiger partial charge in [0, 0.05) is 25.2 Å². The molecule has 1 fully saturated rings. The number of nitrogens with zero attached hydrogens (tertiary/aromatic N) is 1. The third-order valence-electron chi connectivity index (χ3n) is 5.93. The molecule has 1 saturated heterocycles. The number of hydrogen-bond donors (Lipinski definition) is 2. The zero-order valence-corrected chi connectivity index (χ0v) is 19.6.